The largest absolute Gasteiger partial charge is 0.456 e. The average Bonchev–Trinajstić information content (AvgIpc) is 1.57. The van der Waals surface area contributed by atoms with Crippen LogP contribution in [-0.2, 0) is 10.8 Å². The molecule has 2 aliphatic rings. The Balaban J connectivity index is 0.613. The van der Waals surface area contributed by atoms with Gasteiger partial charge in [0.2, 0.25) is 0 Å². The summed E-state index contributed by atoms with van der Waals surface area (Å²) in [5.74, 6) is 2.57. The molecule has 0 unspecified atom stereocenters. The molecule has 0 radical (unpaired) electrons. The average molecular weight is 1410 g/mol. The highest BCUT2D eigenvalue weighted by molar-refractivity contribution is 6.12. The van der Waals surface area contributed by atoms with Gasteiger partial charge >= 0.3 is 0 Å². The lowest BCUT2D eigenvalue weighted by Crippen LogP contribution is -2.14. The molecule has 21 rings (SSSR count). The number of furan rings is 1. The molecule has 110 heavy (non-hydrogen) atoms. The van der Waals surface area contributed by atoms with Gasteiger partial charge in [0.25, 0.3) is 0 Å². The molecule has 0 saturated carbocycles. The van der Waals surface area contributed by atoms with Crippen LogP contribution in [0.3, 0.4) is 0 Å². The van der Waals surface area contributed by atoms with Crippen LogP contribution in [0.25, 0.3) is 195 Å². The number of hydrogen-bond acceptors (Lipinski definition) is 6. The van der Waals surface area contributed by atoms with Crippen molar-refractivity contribution in [3.05, 3.63) is 374 Å². The van der Waals surface area contributed by atoms with E-state index >= 15 is 0 Å². The fourth-order valence-electron chi connectivity index (χ4n) is 17.5. The zero-order valence-corrected chi connectivity index (χ0v) is 61.1. The maximum absolute atomic E-state index is 6.25. The van der Waals surface area contributed by atoms with E-state index in [1.807, 2.05) is 48.5 Å². The maximum atomic E-state index is 6.25. The molecule has 518 valence electrons. The van der Waals surface area contributed by atoms with Gasteiger partial charge in [-0.3, -0.25) is 0 Å². The number of hydrogen-bond donors (Lipinski definition) is 0. The third kappa shape index (κ3) is 10.7. The highest BCUT2D eigenvalue weighted by Crippen LogP contribution is 2.56. The lowest BCUT2D eigenvalue weighted by molar-refractivity contribution is 0.660. The first-order valence-electron chi connectivity index (χ1n) is 37.8. The summed E-state index contributed by atoms with van der Waals surface area (Å²) >= 11 is 0. The van der Waals surface area contributed by atoms with Gasteiger partial charge in [0.15, 0.2) is 23.3 Å². The van der Waals surface area contributed by atoms with Gasteiger partial charge < -0.3 is 8.98 Å². The van der Waals surface area contributed by atoms with Crippen molar-refractivity contribution in [2.45, 2.75) is 38.5 Å². The summed E-state index contributed by atoms with van der Waals surface area (Å²) in [5, 5.41) is 4.63. The molecule has 0 spiro atoms. The molecule has 0 fully saturated rings. The first kappa shape index (κ1) is 64.4. The number of aromatic nitrogens is 6. The topological polar surface area (TPSA) is 82.5 Å². The van der Waals surface area contributed by atoms with E-state index in [4.69, 9.17) is 29.3 Å². The molecule has 19 aromatic rings. The molecule has 4 aromatic heterocycles. The Morgan fingerprint density at radius 1 is 0.227 bits per heavy atom. The minimum absolute atomic E-state index is 0.203. The van der Waals surface area contributed by atoms with E-state index in [0.717, 1.165) is 122 Å². The molecule has 0 aliphatic heterocycles. The molecule has 0 atom stereocenters. The summed E-state index contributed by atoms with van der Waals surface area (Å²) in [7, 11) is 0. The van der Waals surface area contributed by atoms with Crippen molar-refractivity contribution in [2.24, 2.45) is 0 Å². The second kappa shape index (κ2) is 25.3. The van der Waals surface area contributed by atoms with E-state index in [1.165, 1.54) is 72.0 Å². The number of nitrogens with zero attached hydrogens (tertiary/aromatic N) is 6. The van der Waals surface area contributed by atoms with Crippen LogP contribution in [0.4, 0.5) is 0 Å². The molecule has 7 heteroatoms. The fourth-order valence-corrected chi connectivity index (χ4v) is 17.5. The Labute approximate surface area is 637 Å². The second-order valence-corrected chi connectivity index (χ2v) is 30.3. The summed E-state index contributed by atoms with van der Waals surface area (Å²) in [6.45, 7) is 9.43. The predicted molar refractivity (Wildman–Crippen MR) is 452 cm³/mol. The van der Waals surface area contributed by atoms with Gasteiger partial charge in [-0.1, -0.05) is 301 Å². The molecule has 0 N–H and O–H groups in total. The molecule has 0 saturated heterocycles. The highest BCUT2D eigenvalue weighted by atomic mass is 16.3. The van der Waals surface area contributed by atoms with Gasteiger partial charge in [0.1, 0.15) is 11.2 Å². The van der Waals surface area contributed by atoms with Gasteiger partial charge in [0, 0.05) is 71.4 Å². The molecular weight excluding hydrogens is 1340 g/mol. The molecule has 0 amide bonds. The van der Waals surface area contributed by atoms with Crippen molar-refractivity contribution in [1.29, 1.82) is 0 Å². The minimum atomic E-state index is -0.231. The van der Waals surface area contributed by atoms with Gasteiger partial charge in [-0.15, -0.1) is 0 Å². The smallest absolute Gasteiger partial charge is 0.164 e. The van der Waals surface area contributed by atoms with Gasteiger partial charge in [-0.25, -0.2) is 24.9 Å². The van der Waals surface area contributed by atoms with Crippen molar-refractivity contribution in [3.63, 3.8) is 0 Å². The molecule has 2 aliphatic carbocycles. The van der Waals surface area contributed by atoms with E-state index in [-0.39, 0.29) is 10.8 Å². The van der Waals surface area contributed by atoms with Crippen molar-refractivity contribution >= 4 is 43.7 Å². The third-order valence-corrected chi connectivity index (χ3v) is 23.1. The summed E-state index contributed by atoms with van der Waals surface area (Å²) in [6.07, 6.45) is 0. The zero-order chi connectivity index (χ0) is 73.3. The first-order valence-corrected chi connectivity index (χ1v) is 37.8. The molecule has 0 bridgehead atoms. The summed E-state index contributed by atoms with van der Waals surface area (Å²) in [4.78, 5) is 26.0. The number of rotatable bonds is 12. The van der Waals surface area contributed by atoms with E-state index in [2.05, 4.69) is 336 Å². The van der Waals surface area contributed by atoms with Crippen LogP contribution in [0, 0.1) is 0 Å². The summed E-state index contributed by atoms with van der Waals surface area (Å²) < 4.78 is 8.67. The summed E-state index contributed by atoms with van der Waals surface area (Å²) in [5.41, 5.74) is 34.0. The number of benzene rings is 15. The minimum Gasteiger partial charge on any atom is -0.456 e. The van der Waals surface area contributed by atoms with Gasteiger partial charge in [-0.2, -0.15) is 0 Å². The Bertz CT molecular complexity index is 6880. The summed E-state index contributed by atoms with van der Waals surface area (Å²) in [6, 6.07) is 127. The second-order valence-electron chi connectivity index (χ2n) is 30.3. The Kier molecular flexibility index (Phi) is 14.8. The quantitative estimate of drug-likeness (QED) is 0.121. The normalized spacial score (nSPS) is 13.1. The fraction of sp³-hybridized carbons (Fsp3) is 0.0583. The number of para-hydroxylation sites is 2. The van der Waals surface area contributed by atoms with Crippen molar-refractivity contribution in [3.8, 4) is 152 Å². The standard InChI is InChI=1S/C103H70N6O/c1-102(2)86-51-46-68(59-84(86)97-79(37-22-39-89(97)102)74-30-20-32-76(56-74)101-107-98(66-25-11-6-12-26-66)106-99(108-101)67-27-13-7-14-28-67)70-48-53-92-82(57-70)80-50-45-72(61-93(80)109(92)77-33-15-8-16-34-77)63-41-43-65(44-42-63)91-62-90(64-23-9-5-10-24-64)104-100(105-91)75-31-19-29-73(55-75)78-36-21-38-88-96(78)85-60-69(47-52-87(85)103(88,3)4)71-49-54-95-83(58-71)81-35-17-18-40-94(81)110-95/h5-62H,1-4H3. The molecule has 7 nitrogen and oxygen atoms in total. The Morgan fingerprint density at radius 2 is 0.636 bits per heavy atom. The van der Waals surface area contributed by atoms with E-state index in [1.54, 1.807) is 0 Å². The first-order chi connectivity index (χ1) is 54.0. The van der Waals surface area contributed by atoms with Crippen LogP contribution >= 0.6 is 0 Å². The van der Waals surface area contributed by atoms with E-state index in [9.17, 15) is 0 Å². The van der Waals surface area contributed by atoms with Crippen LogP contribution in [-0.4, -0.2) is 29.5 Å². The van der Waals surface area contributed by atoms with Crippen molar-refractivity contribution in [1.82, 2.24) is 29.5 Å². The Hall–Kier alpha value is -14.0. The zero-order valence-electron chi connectivity index (χ0n) is 61.1. The highest BCUT2D eigenvalue weighted by Gasteiger charge is 2.39. The Morgan fingerprint density at radius 3 is 1.22 bits per heavy atom. The van der Waals surface area contributed by atoms with Crippen LogP contribution in [0.2, 0.25) is 0 Å². The lowest BCUT2D eigenvalue weighted by atomic mass is 9.81. The molecular formula is C103H70N6O. The van der Waals surface area contributed by atoms with E-state index in [0.29, 0.717) is 23.3 Å². The van der Waals surface area contributed by atoms with Crippen LogP contribution in [0.1, 0.15) is 49.9 Å². The van der Waals surface area contributed by atoms with Gasteiger partial charge in [-0.05, 0) is 179 Å². The van der Waals surface area contributed by atoms with Crippen molar-refractivity contribution in [2.75, 3.05) is 0 Å². The van der Waals surface area contributed by atoms with Crippen LogP contribution in [0.5, 0.6) is 0 Å². The molecule has 15 aromatic carbocycles. The predicted octanol–water partition coefficient (Wildman–Crippen LogP) is 26.6. The van der Waals surface area contributed by atoms with Crippen LogP contribution < -0.4 is 0 Å². The monoisotopic (exact) mass is 1410 g/mol. The lowest BCUT2D eigenvalue weighted by Gasteiger charge is -2.22. The number of fused-ring (bicyclic) bond motifs is 12. The van der Waals surface area contributed by atoms with E-state index < -0.39 is 0 Å². The van der Waals surface area contributed by atoms with Crippen LogP contribution in [0.15, 0.2) is 356 Å². The maximum Gasteiger partial charge on any atom is 0.164 e. The third-order valence-electron chi connectivity index (χ3n) is 23.1. The van der Waals surface area contributed by atoms with Crippen molar-refractivity contribution < 1.29 is 4.42 Å². The SMILES string of the molecule is CC1(C)c2ccc(-c3ccc4oc5ccccc5c4c3)cc2-c2c(-c3cccc(-c4nc(-c5ccccc5)cc(-c5ccc(-c6ccc7c8cc(-c9ccc%10c(c9)-c9c(-c%11cccc(-c%12nc(-c%13ccccc%13)nc(-c%13ccccc%13)n%12)c%11)cccc9C%10(C)C)ccc8n(-c8ccccc8)c7c6)cc5)n4)c3)cccc21. The van der Waals surface area contributed by atoms with Gasteiger partial charge in [0.05, 0.1) is 22.4 Å². The molecule has 4 heterocycles.